The molecule has 14 heavy (non-hydrogen) atoms. The van der Waals surface area contributed by atoms with Crippen LogP contribution in [-0.2, 0) is 0 Å². The molecule has 1 N–H and O–H groups in total. The maximum atomic E-state index is 10.1. The van der Waals surface area contributed by atoms with Crippen molar-refractivity contribution in [1.29, 1.82) is 0 Å². The van der Waals surface area contributed by atoms with Crippen LogP contribution in [0.1, 0.15) is 46.0 Å². The van der Waals surface area contributed by atoms with Crippen molar-refractivity contribution in [3.63, 3.8) is 0 Å². The van der Waals surface area contributed by atoms with Crippen molar-refractivity contribution in [1.82, 2.24) is 0 Å². The highest BCUT2D eigenvalue weighted by Gasteiger charge is 2.54. The normalized spacial score (nSPS) is 44.4. The summed E-state index contributed by atoms with van der Waals surface area (Å²) in [7, 11) is 0. The number of hydrogen-bond acceptors (Lipinski definition) is 1. The lowest BCUT2D eigenvalue weighted by molar-refractivity contribution is -0.00253. The Morgan fingerprint density at radius 2 is 1.86 bits per heavy atom. The summed E-state index contributed by atoms with van der Waals surface area (Å²) in [6.45, 7) is 4.73. The van der Waals surface area contributed by atoms with Crippen molar-refractivity contribution in [2.45, 2.75) is 52.1 Å². The van der Waals surface area contributed by atoms with Crippen LogP contribution in [0.25, 0.3) is 0 Å². The van der Waals surface area contributed by atoms with Crippen LogP contribution in [0.15, 0.2) is 11.1 Å². The maximum absolute atomic E-state index is 10.1. The van der Waals surface area contributed by atoms with E-state index in [1.807, 2.05) is 0 Å². The van der Waals surface area contributed by atoms with Gasteiger partial charge in [-0.3, -0.25) is 0 Å². The second kappa shape index (κ2) is 2.63. The first kappa shape index (κ1) is 8.96. The smallest absolute Gasteiger partial charge is 0.0611 e. The van der Waals surface area contributed by atoms with E-state index in [0.717, 1.165) is 12.3 Å². The van der Waals surface area contributed by atoms with Gasteiger partial charge in [0.15, 0.2) is 0 Å². The first-order chi connectivity index (χ1) is 6.62. The van der Waals surface area contributed by atoms with Crippen LogP contribution >= 0.6 is 0 Å². The van der Waals surface area contributed by atoms with Crippen LogP contribution in [0.5, 0.6) is 0 Å². The highest BCUT2D eigenvalue weighted by Crippen LogP contribution is 2.61. The van der Waals surface area contributed by atoms with E-state index >= 15 is 0 Å². The average molecular weight is 192 g/mol. The van der Waals surface area contributed by atoms with Crippen molar-refractivity contribution in [2.75, 3.05) is 0 Å². The van der Waals surface area contributed by atoms with Crippen molar-refractivity contribution >= 4 is 0 Å². The lowest BCUT2D eigenvalue weighted by Gasteiger charge is -2.43. The topological polar surface area (TPSA) is 20.2 Å². The van der Waals surface area contributed by atoms with Gasteiger partial charge < -0.3 is 5.11 Å². The quantitative estimate of drug-likeness (QED) is 0.585. The second-order valence-corrected chi connectivity index (χ2v) is 5.90. The van der Waals surface area contributed by atoms with Crippen molar-refractivity contribution < 1.29 is 5.11 Å². The number of aliphatic hydroxyl groups excluding tert-OH is 1. The standard InChI is InChI=1S/C13H20O/c1-13(2)10-6-7-11(14)12(13)9-5-3-4-8(9)10/h10-12,14H,3-7H2,1-2H3. The summed E-state index contributed by atoms with van der Waals surface area (Å²) in [5, 5.41) is 10.1. The largest absolute Gasteiger partial charge is 0.392 e. The molecule has 78 valence electrons. The molecule has 1 nitrogen and oxygen atoms in total. The highest BCUT2D eigenvalue weighted by molar-refractivity contribution is 5.36. The molecule has 1 fully saturated rings. The molecule has 0 amide bonds. The number of hydrogen-bond donors (Lipinski definition) is 1. The van der Waals surface area contributed by atoms with Crippen LogP contribution in [0.2, 0.25) is 0 Å². The summed E-state index contributed by atoms with van der Waals surface area (Å²) in [6, 6.07) is 0. The van der Waals surface area contributed by atoms with Gasteiger partial charge in [0.2, 0.25) is 0 Å². The molecular formula is C13H20O. The molecule has 3 aliphatic carbocycles. The SMILES string of the molecule is CC1(C)C2CCC(O)C1C1=C2CCC1. The zero-order valence-electron chi connectivity index (χ0n) is 9.21. The Morgan fingerprint density at radius 3 is 2.64 bits per heavy atom. The van der Waals surface area contributed by atoms with Gasteiger partial charge in [0.25, 0.3) is 0 Å². The monoisotopic (exact) mass is 192 g/mol. The summed E-state index contributed by atoms with van der Waals surface area (Å²) in [4.78, 5) is 0. The molecule has 3 aliphatic rings. The van der Waals surface area contributed by atoms with E-state index < -0.39 is 0 Å². The Bertz CT molecular complexity index is 300. The van der Waals surface area contributed by atoms with Crippen molar-refractivity contribution in [2.24, 2.45) is 17.3 Å². The summed E-state index contributed by atoms with van der Waals surface area (Å²) in [6.07, 6.45) is 6.16. The van der Waals surface area contributed by atoms with Crippen LogP contribution in [0.4, 0.5) is 0 Å². The molecule has 0 aromatic heterocycles. The fourth-order valence-electron chi connectivity index (χ4n) is 4.44. The van der Waals surface area contributed by atoms with E-state index in [0.29, 0.717) is 11.3 Å². The van der Waals surface area contributed by atoms with Gasteiger partial charge in [0.1, 0.15) is 0 Å². The summed E-state index contributed by atoms with van der Waals surface area (Å²) >= 11 is 0. The molecule has 0 aromatic rings. The maximum Gasteiger partial charge on any atom is 0.0611 e. The van der Waals surface area contributed by atoms with E-state index in [1.165, 1.54) is 25.7 Å². The molecular weight excluding hydrogens is 172 g/mol. The lowest BCUT2D eigenvalue weighted by Crippen LogP contribution is -2.40. The molecule has 0 spiro atoms. The third-order valence-corrected chi connectivity index (χ3v) is 4.94. The van der Waals surface area contributed by atoms with E-state index in [2.05, 4.69) is 13.8 Å². The minimum atomic E-state index is -0.0492. The third kappa shape index (κ3) is 0.894. The van der Waals surface area contributed by atoms with E-state index in [-0.39, 0.29) is 6.10 Å². The number of aliphatic hydroxyl groups is 1. The summed E-state index contributed by atoms with van der Waals surface area (Å²) in [5.74, 6) is 1.30. The van der Waals surface area contributed by atoms with Gasteiger partial charge in [0.05, 0.1) is 6.10 Å². The summed E-state index contributed by atoms with van der Waals surface area (Å²) < 4.78 is 0. The first-order valence-corrected chi connectivity index (χ1v) is 6.02. The predicted molar refractivity (Wildman–Crippen MR) is 56.9 cm³/mol. The average Bonchev–Trinajstić information content (AvgIpc) is 2.55. The summed E-state index contributed by atoms with van der Waals surface area (Å²) in [5.41, 5.74) is 3.75. The van der Waals surface area contributed by atoms with Crippen molar-refractivity contribution in [3.05, 3.63) is 11.1 Å². The zero-order chi connectivity index (χ0) is 9.92. The molecule has 0 radical (unpaired) electrons. The fourth-order valence-corrected chi connectivity index (χ4v) is 4.44. The molecule has 0 aliphatic heterocycles. The van der Waals surface area contributed by atoms with E-state index in [9.17, 15) is 5.11 Å². The molecule has 1 heteroatoms. The molecule has 0 aromatic carbocycles. The van der Waals surface area contributed by atoms with E-state index in [4.69, 9.17) is 0 Å². The number of fused-ring (bicyclic) bond motifs is 4. The minimum Gasteiger partial charge on any atom is -0.392 e. The number of rotatable bonds is 0. The lowest BCUT2D eigenvalue weighted by atomic mass is 9.63. The number of allylic oxidation sites excluding steroid dienone is 1. The molecule has 0 saturated heterocycles. The van der Waals surface area contributed by atoms with Crippen LogP contribution < -0.4 is 0 Å². The van der Waals surface area contributed by atoms with Crippen LogP contribution in [0, 0.1) is 17.3 Å². The van der Waals surface area contributed by atoms with Crippen molar-refractivity contribution in [3.8, 4) is 0 Å². The van der Waals surface area contributed by atoms with E-state index in [1.54, 1.807) is 11.1 Å². The molecule has 3 rings (SSSR count). The molecule has 3 atom stereocenters. The van der Waals surface area contributed by atoms with Crippen LogP contribution in [0.3, 0.4) is 0 Å². The second-order valence-electron chi connectivity index (χ2n) is 5.90. The Kier molecular flexibility index (Phi) is 1.69. The molecule has 3 unspecified atom stereocenters. The Morgan fingerprint density at radius 1 is 1.14 bits per heavy atom. The van der Waals surface area contributed by atoms with Gasteiger partial charge in [-0.1, -0.05) is 25.0 Å². The highest BCUT2D eigenvalue weighted by atomic mass is 16.3. The first-order valence-electron chi connectivity index (χ1n) is 6.02. The Balaban J connectivity index is 2.07. The van der Waals surface area contributed by atoms with Gasteiger partial charge in [-0.25, -0.2) is 0 Å². The fraction of sp³-hybridized carbons (Fsp3) is 0.846. The molecule has 2 bridgehead atoms. The molecule has 1 saturated carbocycles. The van der Waals surface area contributed by atoms with Gasteiger partial charge in [0, 0.05) is 5.92 Å². The zero-order valence-corrected chi connectivity index (χ0v) is 9.21. The third-order valence-electron chi connectivity index (χ3n) is 4.94. The van der Waals surface area contributed by atoms with Crippen LogP contribution in [-0.4, -0.2) is 11.2 Å². The Labute approximate surface area is 86.2 Å². The minimum absolute atomic E-state index is 0.0492. The Hall–Kier alpha value is -0.300. The predicted octanol–water partition coefficient (Wildman–Crippen LogP) is 2.89. The molecule has 0 heterocycles. The van der Waals surface area contributed by atoms with Gasteiger partial charge >= 0.3 is 0 Å². The van der Waals surface area contributed by atoms with Gasteiger partial charge in [-0.05, 0) is 43.4 Å². The van der Waals surface area contributed by atoms with Gasteiger partial charge in [-0.15, -0.1) is 0 Å². The van der Waals surface area contributed by atoms with Gasteiger partial charge in [-0.2, -0.15) is 0 Å².